The summed E-state index contributed by atoms with van der Waals surface area (Å²) < 4.78 is 11.0. The van der Waals surface area contributed by atoms with E-state index in [0.29, 0.717) is 6.42 Å². The van der Waals surface area contributed by atoms with E-state index in [1.165, 1.54) is 0 Å². The molecule has 0 amide bonds. The molecule has 0 bridgehead atoms. The van der Waals surface area contributed by atoms with Gasteiger partial charge in [-0.2, -0.15) is 0 Å². The Morgan fingerprint density at radius 3 is 2.29 bits per heavy atom. The standard InChI is InChI=1S/C9H14NO3P/c10-7-9(14(11,12)13)6-8-4-2-1-3-5-8/h1-5,9H,6-7,10H2,(H2,11,12,13)/t9-/m0/s1. The predicted molar refractivity (Wildman–Crippen MR) is 55.0 cm³/mol. The number of benzene rings is 1. The van der Waals surface area contributed by atoms with E-state index in [0.717, 1.165) is 5.56 Å². The van der Waals surface area contributed by atoms with Gasteiger partial charge in [0.15, 0.2) is 0 Å². The fourth-order valence-electron chi connectivity index (χ4n) is 1.23. The smallest absolute Gasteiger partial charge is 0.330 e. The molecule has 14 heavy (non-hydrogen) atoms. The molecule has 0 heterocycles. The third-order valence-corrected chi connectivity index (χ3v) is 3.41. The van der Waals surface area contributed by atoms with Gasteiger partial charge in [0.2, 0.25) is 0 Å². The topological polar surface area (TPSA) is 83.6 Å². The summed E-state index contributed by atoms with van der Waals surface area (Å²) in [6.45, 7) is -0.000821. The van der Waals surface area contributed by atoms with Gasteiger partial charge in [-0.25, -0.2) is 0 Å². The normalized spacial score (nSPS) is 13.9. The van der Waals surface area contributed by atoms with Crippen LogP contribution >= 0.6 is 7.60 Å². The van der Waals surface area contributed by atoms with E-state index in [1.54, 1.807) is 0 Å². The highest BCUT2D eigenvalue weighted by molar-refractivity contribution is 7.52. The molecule has 4 N–H and O–H groups in total. The highest BCUT2D eigenvalue weighted by Gasteiger charge is 2.27. The van der Waals surface area contributed by atoms with E-state index >= 15 is 0 Å². The Balaban J connectivity index is 2.72. The highest BCUT2D eigenvalue weighted by atomic mass is 31.2. The van der Waals surface area contributed by atoms with Gasteiger partial charge >= 0.3 is 7.60 Å². The van der Waals surface area contributed by atoms with Gasteiger partial charge in [0.05, 0.1) is 5.66 Å². The van der Waals surface area contributed by atoms with Crippen molar-refractivity contribution in [1.29, 1.82) is 0 Å². The number of hydrogen-bond acceptors (Lipinski definition) is 2. The first kappa shape index (κ1) is 11.4. The Morgan fingerprint density at radius 2 is 1.86 bits per heavy atom. The van der Waals surface area contributed by atoms with Gasteiger partial charge in [0, 0.05) is 6.54 Å². The second kappa shape index (κ2) is 4.71. The Morgan fingerprint density at radius 1 is 1.29 bits per heavy atom. The Labute approximate surface area is 82.9 Å². The van der Waals surface area contributed by atoms with Crippen LogP contribution in [-0.2, 0) is 11.0 Å². The molecule has 1 aromatic rings. The van der Waals surface area contributed by atoms with Crippen molar-refractivity contribution < 1.29 is 14.4 Å². The lowest BCUT2D eigenvalue weighted by Crippen LogP contribution is -2.22. The SMILES string of the molecule is NC[C@H](Cc1ccccc1)P(=O)(O)O. The minimum atomic E-state index is -4.07. The summed E-state index contributed by atoms with van der Waals surface area (Å²) in [6, 6.07) is 9.19. The van der Waals surface area contributed by atoms with Crippen molar-refractivity contribution in [2.24, 2.45) is 5.73 Å². The average Bonchev–Trinajstić information content (AvgIpc) is 2.14. The minimum Gasteiger partial charge on any atom is -0.330 e. The van der Waals surface area contributed by atoms with Crippen LogP contribution in [0.4, 0.5) is 0 Å². The Hall–Kier alpha value is -0.670. The molecule has 1 atom stereocenters. The van der Waals surface area contributed by atoms with Crippen molar-refractivity contribution in [1.82, 2.24) is 0 Å². The van der Waals surface area contributed by atoms with Crippen LogP contribution in [0.3, 0.4) is 0 Å². The molecule has 0 radical (unpaired) electrons. The summed E-state index contributed by atoms with van der Waals surface area (Å²) in [5.74, 6) is 0. The van der Waals surface area contributed by atoms with Crippen molar-refractivity contribution in [2.45, 2.75) is 12.1 Å². The molecular formula is C9H14NO3P. The molecule has 0 aliphatic rings. The van der Waals surface area contributed by atoms with Gasteiger partial charge in [-0.1, -0.05) is 30.3 Å². The van der Waals surface area contributed by atoms with E-state index in [2.05, 4.69) is 0 Å². The maximum atomic E-state index is 11.0. The van der Waals surface area contributed by atoms with E-state index < -0.39 is 13.3 Å². The molecular weight excluding hydrogens is 201 g/mol. The fourth-order valence-corrected chi connectivity index (χ4v) is 1.95. The first-order valence-corrected chi connectivity index (χ1v) is 6.01. The lowest BCUT2D eigenvalue weighted by molar-refractivity contribution is 0.357. The maximum Gasteiger partial charge on any atom is 0.330 e. The fraction of sp³-hybridized carbons (Fsp3) is 0.333. The highest BCUT2D eigenvalue weighted by Crippen LogP contribution is 2.42. The van der Waals surface area contributed by atoms with Crippen molar-refractivity contribution in [2.75, 3.05) is 6.54 Å². The summed E-state index contributed by atoms with van der Waals surface area (Å²) in [6.07, 6.45) is 0.321. The maximum absolute atomic E-state index is 11.0. The molecule has 0 aliphatic carbocycles. The third kappa shape index (κ3) is 3.24. The number of nitrogens with two attached hydrogens (primary N) is 1. The van der Waals surface area contributed by atoms with Crippen LogP contribution in [0.25, 0.3) is 0 Å². The molecule has 1 rings (SSSR count). The first-order valence-electron chi connectivity index (χ1n) is 4.33. The van der Waals surface area contributed by atoms with Crippen LogP contribution in [0.5, 0.6) is 0 Å². The Kier molecular flexibility index (Phi) is 3.84. The molecule has 5 heteroatoms. The first-order chi connectivity index (χ1) is 6.54. The molecule has 0 aromatic heterocycles. The van der Waals surface area contributed by atoms with Crippen LogP contribution in [0, 0.1) is 0 Å². The summed E-state index contributed by atoms with van der Waals surface area (Å²) in [7, 11) is -4.07. The molecule has 0 saturated carbocycles. The number of rotatable bonds is 4. The zero-order chi connectivity index (χ0) is 10.6. The van der Waals surface area contributed by atoms with E-state index in [4.69, 9.17) is 15.5 Å². The monoisotopic (exact) mass is 215 g/mol. The summed E-state index contributed by atoms with van der Waals surface area (Å²) in [5, 5.41) is 0. The summed E-state index contributed by atoms with van der Waals surface area (Å²) in [5.41, 5.74) is 5.44. The minimum absolute atomic E-state index is 0.000821. The molecule has 1 aromatic carbocycles. The van der Waals surface area contributed by atoms with E-state index in [-0.39, 0.29) is 6.54 Å². The molecule has 0 spiro atoms. The van der Waals surface area contributed by atoms with E-state index in [1.807, 2.05) is 30.3 Å². The van der Waals surface area contributed by atoms with Crippen molar-refractivity contribution in [3.8, 4) is 0 Å². The molecule has 0 saturated heterocycles. The zero-order valence-corrected chi connectivity index (χ0v) is 8.60. The molecule has 4 nitrogen and oxygen atoms in total. The second-order valence-corrected chi connectivity index (χ2v) is 5.08. The predicted octanol–water partition coefficient (Wildman–Crippen LogP) is 0.734. The van der Waals surface area contributed by atoms with Crippen LogP contribution in [0.15, 0.2) is 30.3 Å². The van der Waals surface area contributed by atoms with Crippen molar-refractivity contribution in [3.05, 3.63) is 35.9 Å². The quantitative estimate of drug-likeness (QED) is 0.646. The lowest BCUT2D eigenvalue weighted by Gasteiger charge is -2.15. The van der Waals surface area contributed by atoms with Gasteiger partial charge in [-0.3, -0.25) is 4.57 Å². The van der Waals surface area contributed by atoms with Gasteiger partial charge < -0.3 is 15.5 Å². The Bertz CT molecular complexity index is 322. The largest absolute Gasteiger partial charge is 0.330 e. The molecule has 0 fully saturated rings. The van der Waals surface area contributed by atoms with Crippen LogP contribution in [0.1, 0.15) is 5.56 Å². The van der Waals surface area contributed by atoms with Crippen LogP contribution in [-0.4, -0.2) is 22.0 Å². The van der Waals surface area contributed by atoms with Gasteiger partial charge in [0.25, 0.3) is 0 Å². The van der Waals surface area contributed by atoms with Gasteiger partial charge in [0.1, 0.15) is 0 Å². The molecule has 78 valence electrons. The van der Waals surface area contributed by atoms with Gasteiger partial charge in [-0.15, -0.1) is 0 Å². The average molecular weight is 215 g/mol. The van der Waals surface area contributed by atoms with Crippen molar-refractivity contribution in [3.63, 3.8) is 0 Å². The molecule has 0 aliphatic heterocycles. The van der Waals surface area contributed by atoms with Crippen LogP contribution < -0.4 is 5.73 Å². The van der Waals surface area contributed by atoms with Gasteiger partial charge in [-0.05, 0) is 12.0 Å². The molecule has 0 unspecified atom stereocenters. The zero-order valence-electron chi connectivity index (χ0n) is 7.71. The van der Waals surface area contributed by atoms with Crippen LogP contribution in [0.2, 0.25) is 0 Å². The van der Waals surface area contributed by atoms with E-state index in [9.17, 15) is 4.57 Å². The summed E-state index contributed by atoms with van der Waals surface area (Å²) in [4.78, 5) is 17.9. The van der Waals surface area contributed by atoms with Crippen molar-refractivity contribution >= 4 is 7.60 Å². The second-order valence-electron chi connectivity index (χ2n) is 3.17. The number of hydrogen-bond donors (Lipinski definition) is 3. The summed E-state index contributed by atoms with van der Waals surface area (Å²) >= 11 is 0. The third-order valence-electron chi connectivity index (χ3n) is 2.06. The lowest BCUT2D eigenvalue weighted by atomic mass is 10.1.